The van der Waals surface area contributed by atoms with E-state index in [-0.39, 0.29) is 47.5 Å². The van der Waals surface area contributed by atoms with Crippen LogP contribution in [-0.2, 0) is 36.9 Å². The van der Waals surface area contributed by atoms with E-state index in [2.05, 4.69) is 64.3 Å². The molecule has 2 aliphatic heterocycles. The van der Waals surface area contributed by atoms with Crippen molar-refractivity contribution in [2.75, 3.05) is 33.2 Å². The van der Waals surface area contributed by atoms with Crippen LogP contribution in [-0.4, -0.2) is 103 Å². The van der Waals surface area contributed by atoms with Crippen LogP contribution in [0.25, 0.3) is 55.0 Å². The number of halogens is 2. The summed E-state index contributed by atoms with van der Waals surface area (Å²) in [6, 6.07) is 29.7. The lowest BCUT2D eigenvalue weighted by molar-refractivity contribution is -0.140. The Kier molecular flexibility index (Phi) is 22.0. The molecule has 0 saturated carbocycles. The second kappa shape index (κ2) is 29.1. The highest BCUT2D eigenvalue weighted by Gasteiger charge is 2.36. The Hall–Kier alpha value is -7.05. The fourth-order valence-corrected chi connectivity index (χ4v) is 13.2. The van der Waals surface area contributed by atoms with Crippen molar-refractivity contribution in [2.45, 2.75) is 126 Å². The zero-order valence-corrected chi connectivity index (χ0v) is 54.2. The summed E-state index contributed by atoms with van der Waals surface area (Å²) in [4.78, 5) is 82.7. The van der Waals surface area contributed by atoms with Crippen LogP contribution in [0.5, 0.6) is 0 Å². The number of aromatic nitrogens is 4. The number of hydrogen-bond acceptors (Lipinski definition) is 11. The Labute approximate surface area is 522 Å². The van der Waals surface area contributed by atoms with Gasteiger partial charge < -0.3 is 25.5 Å². The zero-order chi connectivity index (χ0) is 62.1. The lowest BCUT2D eigenvalue weighted by atomic mass is 9.96. The minimum absolute atomic E-state index is 0.0225. The van der Waals surface area contributed by atoms with Crippen molar-refractivity contribution in [3.05, 3.63) is 183 Å². The van der Waals surface area contributed by atoms with E-state index in [0.29, 0.717) is 98.3 Å². The third kappa shape index (κ3) is 13.9. The number of likely N-dealkylation sites (N-methyl/N-ethyl adjacent to an activating group) is 1. The van der Waals surface area contributed by atoms with E-state index in [4.69, 9.17) is 33.2 Å². The standard InChI is InChI=1S/C35H39ClN4O4S.C31H33ClN4O2S.C2H6/c1-6-22-9-8-10-23(7-2)31(22)40-30(15-20(3)4)26(33(41)39-18-28(35(43)44)37-17-21(39)5)16-27(34(40)42)32-38-29(19-45-32)24-11-13-25(36)14-12-24;1-5-20-8-7-9-21(6-2)28(20)36-19(3)25(30(37)35-15-14-24(17-35)33-4)16-26(31(36)38)29-34-27(18-39-29)22-10-12-23(32)13-11-22;1-2/h8-14,16,19-21,28,37H,6-7,15,17-18H2,1-5H3,(H,43,44);7-13,16,18,24,33H,5-6,14-15,17H2,1-4H3;1-2H3. The average molecular weight is 1240 g/mol. The molecular formula is C68H78Cl2N8O6S2. The molecule has 8 aromatic rings. The number of amides is 2. The van der Waals surface area contributed by atoms with Crippen molar-refractivity contribution in [2.24, 2.45) is 5.92 Å². The molecule has 0 radical (unpaired) electrons. The van der Waals surface area contributed by atoms with Crippen molar-refractivity contribution in [1.82, 2.24) is 39.5 Å². The number of carbonyl (C=O) groups is 3. The van der Waals surface area contributed by atoms with Gasteiger partial charge in [-0.1, -0.05) is 139 Å². The molecule has 14 nitrogen and oxygen atoms in total. The number of piperazine rings is 1. The Balaban J connectivity index is 0.000000219. The highest BCUT2D eigenvalue weighted by molar-refractivity contribution is 7.13. The number of aliphatic carboxylic acids is 1. The number of aryl methyl sites for hydroxylation is 4. The normalized spacial score (nSPS) is 15.7. The number of thiazole rings is 2. The van der Waals surface area contributed by atoms with Gasteiger partial charge in [-0.3, -0.25) is 33.1 Å². The van der Waals surface area contributed by atoms with Crippen LogP contribution in [0.2, 0.25) is 10.0 Å². The molecule has 452 valence electrons. The molecule has 10 rings (SSSR count). The summed E-state index contributed by atoms with van der Waals surface area (Å²) in [5, 5.41) is 22.3. The predicted molar refractivity (Wildman–Crippen MR) is 353 cm³/mol. The second-order valence-corrected chi connectivity index (χ2v) is 24.4. The first-order valence-electron chi connectivity index (χ1n) is 29.8. The lowest BCUT2D eigenvalue weighted by Crippen LogP contribution is -2.59. The summed E-state index contributed by atoms with van der Waals surface area (Å²) in [6.07, 6.45) is 4.35. The highest BCUT2D eigenvalue weighted by Crippen LogP contribution is 2.35. The van der Waals surface area contributed by atoms with Crippen LogP contribution < -0.4 is 21.8 Å². The van der Waals surface area contributed by atoms with Gasteiger partial charge in [-0.05, 0) is 124 Å². The van der Waals surface area contributed by atoms with E-state index in [1.807, 2.05) is 111 Å². The Morgan fingerprint density at radius 1 is 0.698 bits per heavy atom. The third-order valence-electron chi connectivity index (χ3n) is 16.0. The van der Waals surface area contributed by atoms with Crippen LogP contribution in [0.4, 0.5) is 0 Å². The summed E-state index contributed by atoms with van der Waals surface area (Å²) < 4.78 is 3.51. The highest BCUT2D eigenvalue weighted by atomic mass is 35.5. The van der Waals surface area contributed by atoms with Crippen molar-refractivity contribution >= 4 is 63.7 Å². The average Bonchev–Trinajstić information content (AvgIpc) is 1.08. The smallest absolute Gasteiger partial charge is 0.322 e. The van der Waals surface area contributed by atoms with Gasteiger partial charge in [0.1, 0.15) is 16.1 Å². The van der Waals surface area contributed by atoms with Gasteiger partial charge in [-0.15, -0.1) is 22.7 Å². The summed E-state index contributed by atoms with van der Waals surface area (Å²) in [6.45, 7) is 21.9. The Bertz CT molecular complexity index is 3810. The van der Waals surface area contributed by atoms with Crippen molar-refractivity contribution in [3.8, 4) is 55.0 Å². The Morgan fingerprint density at radius 2 is 1.16 bits per heavy atom. The molecule has 0 bridgehead atoms. The first-order chi connectivity index (χ1) is 41.4. The van der Waals surface area contributed by atoms with Crippen molar-refractivity contribution in [1.29, 1.82) is 0 Å². The fourth-order valence-electron chi connectivity index (χ4n) is 11.3. The van der Waals surface area contributed by atoms with Crippen molar-refractivity contribution in [3.63, 3.8) is 0 Å². The molecule has 0 aliphatic carbocycles. The molecule has 3 atom stereocenters. The van der Waals surface area contributed by atoms with Gasteiger partial charge in [-0.2, -0.15) is 0 Å². The molecule has 0 spiro atoms. The lowest BCUT2D eigenvalue weighted by Gasteiger charge is -2.38. The molecule has 3 unspecified atom stereocenters. The molecule has 3 N–H and O–H groups in total. The number of hydrogen-bond donors (Lipinski definition) is 3. The minimum atomic E-state index is -1.00. The topological polar surface area (TPSA) is 172 Å². The minimum Gasteiger partial charge on any atom is -0.480 e. The van der Waals surface area contributed by atoms with E-state index in [9.17, 15) is 29.1 Å². The Morgan fingerprint density at radius 3 is 1.60 bits per heavy atom. The van der Waals surface area contributed by atoms with Gasteiger partial charge in [-0.25, -0.2) is 9.97 Å². The molecule has 4 aromatic carbocycles. The molecule has 2 aliphatic rings. The summed E-state index contributed by atoms with van der Waals surface area (Å²) in [5.41, 5.74) is 11.7. The van der Waals surface area contributed by atoms with Crippen LogP contribution in [0.3, 0.4) is 0 Å². The number of nitrogens with zero attached hydrogens (tertiary/aromatic N) is 6. The van der Waals surface area contributed by atoms with E-state index in [1.165, 1.54) is 22.7 Å². The number of para-hydroxylation sites is 2. The zero-order valence-electron chi connectivity index (χ0n) is 51.0. The molecule has 2 saturated heterocycles. The number of rotatable bonds is 16. The number of likely N-dealkylation sites (tertiary alicyclic amines) is 1. The number of benzene rings is 4. The molecular weight excluding hydrogens is 1160 g/mol. The van der Waals surface area contributed by atoms with Gasteiger partial charge in [0, 0.05) is 81.6 Å². The largest absolute Gasteiger partial charge is 0.480 e. The maximum absolute atomic E-state index is 14.8. The van der Waals surface area contributed by atoms with E-state index < -0.39 is 12.0 Å². The van der Waals surface area contributed by atoms with Crippen LogP contribution >= 0.6 is 45.9 Å². The molecule has 18 heteroatoms. The maximum Gasteiger partial charge on any atom is 0.322 e. The number of carbonyl (C=O) groups excluding carboxylic acids is 2. The molecule has 2 amide bonds. The summed E-state index contributed by atoms with van der Waals surface area (Å²) >= 11 is 14.9. The van der Waals surface area contributed by atoms with E-state index in [1.54, 1.807) is 38.3 Å². The van der Waals surface area contributed by atoms with Crippen LogP contribution in [0.15, 0.2) is 117 Å². The number of carboxylic acids is 1. The second-order valence-electron chi connectivity index (χ2n) is 21.8. The number of nitrogens with one attached hydrogen (secondary N) is 2. The number of pyridine rings is 2. The van der Waals surface area contributed by atoms with Crippen LogP contribution in [0, 0.1) is 12.8 Å². The monoisotopic (exact) mass is 1240 g/mol. The maximum atomic E-state index is 14.8. The van der Waals surface area contributed by atoms with Gasteiger partial charge in [0.2, 0.25) is 0 Å². The molecule has 2 fully saturated rings. The van der Waals surface area contributed by atoms with Gasteiger partial charge in [0.25, 0.3) is 22.9 Å². The number of carboxylic acid groups (broad SMARTS) is 1. The fraction of sp³-hybridized carbons (Fsp3) is 0.368. The van der Waals surface area contributed by atoms with Gasteiger partial charge in [0.05, 0.1) is 45.0 Å². The SMILES string of the molecule is CC.CCc1cccc(CC)c1-n1c(C)c(C(=O)N2CCC(NC)C2)cc(-c2nc(-c3ccc(Cl)cc3)cs2)c1=O.CCc1cccc(CC)c1-n1c(CC(C)C)c(C(=O)N2CC(C(=O)O)NCC2C)cc(-c2nc(-c3ccc(Cl)cc3)cs2)c1=O. The quantitative estimate of drug-likeness (QED) is 0.0845. The van der Waals surface area contributed by atoms with E-state index >= 15 is 0 Å². The van der Waals surface area contributed by atoms with Gasteiger partial charge in [0.15, 0.2) is 0 Å². The van der Waals surface area contributed by atoms with Crippen LogP contribution in [0.1, 0.15) is 123 Å². The molecule has 6 heterocycles. The summed E-state index contributed by atoms with van der Waals surface area (Å²) in [5.74, 6) is -1.21. The van der Waals surface area contributed by atoms with Gasteiger partial charge >= 0.3 is 5.97 Å². The first-order valence-corrected chi connectivity index (χ1v) is 32.4. The predicted octanol–water partition coefficient (Wildman–Crippen LogP) is 13.7. The molecule has 4 aromatic heterocycles. The van der Waals surface area contributed by atoms with Crippen molar-refractivity contribution < 1.29 is 19.5 Å². The molecule has 86 heavy (non-hydrogen) atoms. The third-order valence-corrected chi connectivity index (χ3v) is 18.2. The summed E-state index contributed by atoms with van der Waals surface area (Å²) in [7, 11) is 1.93. The van der Waals surface area contributed by atoms with E-state index in [0.717, 1.165) is 69.7 Å². The first kappa shape index (κ1) is 64.9.